The van der Waals surface area contributed by atoms with Crippen LogP contribution in [0.3, 0.4) is 0 Å². The topological polar surface area (TPSA) is 20.3 Å². The Hall–Kier alpha value is -1.88. The highest BCUT2D eigenvalue weighted by molar-refractivity contribution is 8.00. The number of carbonyl (C=O) groups is 1. The van der Waals surface area contributed by atoms with Crippen LogP contribution in [0.4, 0.5) is 8.78 Å². The van der Waals surface area contributed by atoms with Gasteiger partial charge < -0.3 is 4.90 Å². The van der Waals surface area contributed by atoms with Crippen molar-refractivity contribution in [2.45, 2.75) is 36.8 Å². The summed E-state index contributed by atoms with van der Waals surface area (Å²) in [5, 5.41) is 0.456. The van der Waals surface area contributed by atoms with Crippen LogP contribution in [0.5, 0.6) is 0 Å². The second-order valence-electron chi connectivity index (χ2n) is 6.82. The van der Waals surface area contributed by atoms with Crippen molar-refractivity contribution >= 4 is 17.7 Å². The van der Waals surface area contributed by atoms with E-state index >= 15 is 0 Å². The zero-order valence-corrected chi connectivity index (χ0v) is 15.9. The zero-order chi connectivity index (χ0) is 18.7. The van der Waals surface area contributed by atoms with Gasteiger partial charge in [0.1, 0.15) is 11.6 Å². The Morgan fingerprint density at radius 2 is 1.77 bits per heavy atom. The molecule has 1 heterocycles. The molecule has 1 amide bonds. The van der Waals surface area contributed by atoms with Gasteiger partial charge in [0.25, 0.3) is 0 Å². The molecule has 1 aliphatic heterocycles. The SMILES string of the molecule is CC(=O)N1CCC(C(C)Sc2ccc(-c3ccc(F)cc3F)cc2)CC1. The summed E-state index contributed by atoms with van der Waals surface area (Å²) in [7, 11) is 0. The molecule has 0 bridgehead atoms. The van der Waals surface area contributed by atoms with E-state index < -0.39 is 11.6 Å². The van der Waals surface area contributed by atoms with Gasteiger partial charge in [-0.05, 0) is 48.6 Å². The fraction of sp³-hybridized carbons (Fsp3) is 0.381. The first-order chi connectivity index (χ1) is 12.4. The van der Waals surface area contributed by atoms with Crippen LogP contribution < -0.4 is 0 Å². The number of amides is 1. The maximum atomic E-state index is 13.9. The van der Waals surface area contributed by atoms with Crippen LogP contribution >= 0.6 is 11.8 Å². The van der Waals surface area contributed by atoms with Gasteiger partial charge in [0.15, 0.2) is 0 Å². The molecule has 1 fully saturated rings. The minimum Gasteiger partial charge on any atom is -0.343 e. The highest BCUT2D eigenvalue weighted by atomic mass is 32.2. The van der Waals surface area contributed by atoms with Gasteiger partial charge in [0, 0.05) is 41.8 Å². The van der Waals surface area contributed by atoms with Gasteiger partial charge in [-0.3, -0.25) is 4.79 Å². The van der Waals surface area contributed by atoms with Crippen molar-refractivity contribution in [3.63, 3.8) is 0 Å². The monoisotopic (exact) mass is 375 g/mol. The molecule has 3 rings (SSSR count). The van der Waals surface area contributed by atoms with Crippen LogP contribution in [-0.2, 0) is 4.79 Å². The Bertz CT molecular complexity index is 770. The van der Waals surface area contributed by atoms with E-state index in [9.17, 15) is 13.6 Å². The largest absolute Gasteiger partial charge is 0.343 e. The third kappa shape index (κ3) is 4.44. The standard InChI is InChI=1S/C21H23F2NOS/c1-14(16-9-11-24(12-10-16)15(2)25)26-19-6-3-17(4-7-19)20-8-5-18(22)13-21(20)23/h3-8,13-14,16H,9-12H2,1-2H3. The van der Waals surface area contributed by atoms with E-state index in [1.165, 1.54) is 12.1 Å². The van der Waals surface area contributed by atoms with Crippen molar-refractivity contribution in [1.29, 1.82) is 0 Å². The Morgan fingerprint density at radius 1 is 1.12 bits per heavy atom. The van der Waals surface area contributed by atoms with E-state index in [2.05, 4.69) is 6.92 Å². The molecule has 0 saturated carbocycles. The third-order valence-electron chi connectivity index (χ3n) is 5.07. The molecule has 0 aromatic heterocycles. The molecule has 0 N–H and O–H groups in total. The molecule has 1 aliphatic rings. The van der Waals surface area contributed by atoms with Crippen LogP contribution in [0.25, 0.3) is 11.1 Å². The molecule has 1 atom stereocenters. The Labute approximate surface area is 157 Å². The maximum absolute atomic E-state index is 13.9. The number of hydrogen-bond acceptors (Lipinski definition) is 2. The van der Waals surface area contributed by atoms with Gasteiger partial charge in [0.2, 0.25) is 5.91 Å². The summed E-state index contributed by atoms with van der Waals surface area (Å²) in [6, 6.07) is 11.4. The predicted octanol–water partition coefficient (Wildman–Crippen LogP) is 5.37. The van der Waals surface area contributed by atoms with Crippen LogP contribution in [0.2, 0.25) is 0 Å². The van der Waals surface area contributed by atoms with Gasteiger partial charge in [0.05, 0.1) is 0 Å². The van der Waals surface area contributed by atoms with Crippen molar-refractivity contribution in [1.82, 2.24) is 4.90 Å². The van der Waals surface area contributed by atoms with E-state index in [0.717, 1.165) is 42.5 Å². The third-order valence-corrected chi connectivity index (χ3v) is 6.37. The van der Waals surface area contributed by atoms with E-state index in [0.29, 0.717) is 16.7 Å². The number of likely N-dealkylation sites (tertiary alicyclic amines) is 1. The number of piperidine rings is 1. The lowest BCUT2D eigenvalue weighted by atomic mass is 9.94. The molecule has 26 heavy (non-hydrogen) atoms. The fourth-order valence-electron chi connectivity index (χ4n) is 3.43. The van der Waals surface area contributed by atoms with Crippen LogP contribution in [0.15, 0.2) is 47.4 Å². The number of rotatable bonds is 4. The summed E-state index contributed by atoms with van der Waals surface area (Å²) in [5.74, 6) is -0.365. The Kier molecular flexibility index (Phi) is 5.97. The zero-order valence-electron chi connectivity index (χ0n) is 15.0. The molecule has 2 aromatic carbocycles. The number of hydrogen-bond donors (Lipinski definition) is 0. The van der Waals surface area contributed by atoms with Crippen LogP contribution in [0, 0.1) is 17.6 Å². The Morgan fingerprint density at radius 3 is 2.35 bits per heavy atom. The molecule has 2 nitrogen and oxygen atoms in total. The molecular formula is C21H23F2NOS. The number of nitrogens with zero attached hydrogens (tertiary/aromatic N) is 1. The van der Waals surface area contributed by atoms with Crippen molar-refractivity contribution < 1.29 is 13.6 Å². The van der Waals surface area contributed by atoms with Crippen molar-refractivity contribution in [2.24, 2.45) is 5.92 Å². The van der Waals surface area contributed by atoms with Crippen LogP contribution in [-0.4, -0.2) is 29.1 Å². The van der Waals surface area contributed by atoms with E-state index in [-0.39, 0.29) is 5.91 Å². The second kappa shape index (κ2) is 8.21. The smallest absolute Gasteiger partial charge is 0.219 e. The summed E-state index contributed by atoms with van der Waals surface area (Å²) in [6.07, 6.45) is 2.07. The number of carbonyl (C=O) groups excluding carboxylic acids is 1. The molecule has 5 heteroatoms. The van der Waals surface area contributed by atoms with Crippen molar-refractivity contribution in [3.05, 3.63) is 54.1 Å². The molecule has 2 aromatic rings. The average molecular weight is 375 g/mol. The average Bonchev–Trinajstić information content (AvgIpc) is 2.63. The minimum absolute atomic E-state index is 0.160. The Balaban J connectivity index is 1.61. The predicted molar refractivity (Wildman–Crippen MR) is 102 cm³/mol. The van der Waals surface area contributed by atoms with Gasteiger partial charge in [-0.15, -0.1) is 11.8 Å². The first-order valence-corrected chi connectivity index (χ1v) is 9.79. The summed E-state index contributed by atoms with van der Waals surface area (Å²) in [6.45, 7) is 5.54. The lowest BCUT2D eigenvalue weighted by molar-refractivity contribution is -0.130. The molecule has 1 unspecified atom stereocenters. The lowest BCUT2D eigenvalue weighted by Crippen LogP contribution is -2.39. The summed E-state index contributed by atoms with van der Waals surface area (Å²) in [5.41, 5.74) is 1.15. The van der Waals surface area contributed by atoms with Gasteiger partial charge in [-0.2, -0.15) is 0 Å². The highest BCUT2D eigenvalue weighted by Gasteiger charge is 2.25. The highest BCUT2D eigenvalue weighted by Crippen LogP contribution is 2.34. The molecule has 0 aliphatic carbocycles. The normalized spacial score (nSPS) is 16.5. The summed E-state index contributed by atoms with van der Waals surface area (Å²) in [4.78, 5) is 14.5. The number of halogens is 2. The van der Waals surface area contributed by atoms with Crippen LogP contribution in [0.1, 0.15) is 26.7 Å². The first kappa shape index (κ1) is 18.9. The van der Waals surface area contributed by atoms with Gasteiger partial charge in [-0.1, -0.05) is 19.1 Å². The van der Waals surface area contributed by atoms with Gasteiger partial charge in [-0.25, -0.2) is 8.78 Å². The molecule has 138 valence electrons. The van der Waals surface area contributed by atoms with Crippen molar-refractivity contribution in [3.8, 4) is 11.1 Å². The van der Waals surface area contributed by atoms with Gasteiger partial charge >= 0.3 is 0 Å². The van der Waals surface area contributed by atoms with E-state index in [4.69, 9.17) is 0 Å². The second-order valence-corrected chi connectivity index (χ2v) is 8.27. The molecule has 0 spiro atoms. The molecule has 0 radical (unpaired) electrons. The van der Waals surface area contributed by atoms with E-state index in [1.54, 1.807) is 6.92 Å². The number of thioether (sulfide) groups is 1. The summed E-state index contributed by atoms with van der Waals surface area (Å²) < 4.78 is 27.0. The maximum Gasteiger partial charge on any atom is 0.219 e. The lowest BCUT2D eigenvalue weighted by Gasteiger charge is -2.34. The summed E-state index contributed by atoms with van der Waals surface area (Å²) >= 11 is 1.81. The number of benzene rings is 2. The fourth-order valence-corrected chi connectivity index (χ4v) is 4.62. The minimum atomic E-state index is -0.567. The van der Waals surface area contributed by atoms with Crippen molar-refractivity contribution in [2.75, 3.05) is 13.1 Å². The quantitative estimate of drug-likeness (QED) is 0.670. The first-order valence-electron chi connectivity index (χ1n) is 8.91. The molecular weight excluding hydrogens is 352 g/mol. The molecule has 1 saturated heterocycles. The van der Waals surface area contributed by atoms with E-state index in [1.807, 2.05) is 40.9 Å².